The van der Waals surface area contributed by atoms with Crippen LogP contribution < -0.4 is 10.3 Å². The molecule has 0 aliphatic rings. The first-order chi connectivity index (χ1) is 11.6. The molecule has 122 valence electrons. The Balaban J connectivity index is 2.10. The zero-order valence-corrected chi connectivity index (χ0v) is 13.6. The summed E-state index contributed by atoms with van der Waals surface area (Å²) in [5.74, 6) is 0.149. The van der Waals surface area contributed by atoms with Crippen molar-refractivity contribution in [3.8, 4) is 5.75 Å². The van der Waals surface area contributed by atoms with E-state index in [-0.39, 0.29) is 11.5 Å². The van der Waals surface area contributed by atoms with Crippen molar-refractivity contribution < 1.29 is 9.53 Å². The van der Waals surface area contributed by atoms with Crippen LogP contribution in [0.4, 0.5) is 0 Å². The Morgan fingerprint density at radius 3 is 2.58 bits per heavy atom. The number of benzene rings is 1. The molecule has 0 spiro atoms. The van der Waals surface area contributed by atoms with Crippen molar-refractivity contribution in [1.82, 2.24) is 9.55 Å². The third-order valence-corrected chi connectivity index (χ3v) is 3.62. The molecule has 0 unspecified atom stereocenters. The van der Waals surface area contributed by atoms with E-state index in [1.165, 1.54) is 6.20 Å². The van der Waals surface area contributed by atoms with Gasteiger partial charge >= 0.3 is 5.97 Å². The molecular weight excluding hydrogens is 304 g/mol. The molecule has 2 aromatic heterocycles. The number of hydrogen-bond donors (Lipinski definition) is 0. The van der Waals surface area contributed by atoms with Gasteiger partial charge < -0.3 is 9.30 Å². The Morgan fingerprint density at radius 1 is 1.17 bits per heavy atom. The first-order valence-corrected chi connectivity index (χ1v) is 7.80. The standard InChI is InChI=1S/C19H18N2O3/c1-13(2)11-21-12-17(15-7-3-4-8-16(15)18(21)22)19(23)24-14-6-5-9-20-10-14/h3-10,12-13H,11H2,1-2H3. The number of rotatable bonds is 4. The number of ether oxygens (including phenoxy) is 1. The summed E-state index contributed by atoms with van der Waals surface area (Å²) in [5.41, 5.74) is 0.270. The predicted molar refractivity (Wildman–Crippen MR) is 92.2 cm³/mol. The average molecular weight is 322 g/mol. The number of nitrogens with zero attached hydrogens (tertiary/aromatic N) is 2. The molecule has 1 aromatic carbocycles. The van der Waals surface area contributed by atoms with E-state index < -0.39 is 5.97 Å². The van der Waals surface area contributed by atoms with Crippen molar-refractivity contribution in [2.75, 3.05) is 0 Å². The summed E-state index contributed by atoms with van der Waals surface area (Å²) in [7, 11) is 0. The molecule has 0 fully saturated rings. The maximum atomic E-state index is 12.6. The van der Waals surface area contributed by atoms with Crippen LogP contribution in [0.15, 0.2) is 59.8 Å². The smallest absolute Gasteiger partial charge is 0.345 e. The lowest BCUT2D eigenvalue weighted by atomic mass is 10.1. The van der Waals surface area contributed by atoms with Crippen molar-refractivity contribution in [1.29, 1.82) is 0 Å². The fraction of sp³-hybridized carbons (Fsp3) is 0.211. The lowest BCUT2D eigenvalue weighted by Crippen LogP contribution is -2.25. The van der Waals surface area contributed by atoms with E-state index in [1.807, 2.05) is 13.8 Å². The van der Waals surface area contributed by atoms with Gasteiger partial charge in [0.1, 0.15) is 5.75 Å². The highest BCUT2D eigenvalue weighted by atomic mass is 16.5. The van der Waals surface area contributed by atoms with Gasteiger partial charge in [0.15, 0.2) is 0 Å². The molecule has 0 aliphatic heterocycles. The van der Waals surface area contributed by atoms with Crippen LogP contribution in [0.25, 0.3) is 10.8 Å². The Labute approximate surface area is 139 Å². The van der Waals surface area contributed by atoms with Gasteiger partial charge in [0.05, 0.1) is 11.8 Å². The second-order valence-corrected chi connectivity index (χ2v) is 6.02. The molecule has 0 aliphatic carbocycles. The molecule has 5 heteroatoms. The molecule has 0 atom stereocenters. The predicted octanol–water partition coefficient (Wildman–Crippen LogP) is 3.27. The molecule has 0 radical (unpaired) electrons. The second kappa shape index (κ2) is 6.66. The monoisotopic (exact) mass is 322 g/mol. The zero-order valence-electron chi connectivity index (χ0n) is 13.6. The maximum absolute atomic E-state index is 12.6. The third-order valence-electron chi connectivity index (χ3n) is 3.62. The molecule has 0 bridgehead atoms. The largest absolute Gasteiger partial charge is 0.421 e. The van der Waals surface area contributed by atoms with Crippen LogP contribution in [0.2, 0.25) is 0 Å². The zero-order chi connectivity index (χ0) is 17.1. The first-order valence-electron chi connectivity index (χ1n) is 7.80. The normalized spacial score (nSPS) is 11.0. The Hall–Kier alpha value is -2.95. The Bertz CT molecular complexity index is 930. The molecule has 24 heavy (non-hydrogen) atoms. The number of esters is 1. The van der Waals surface area contributed by atoms with Gasteiger partial charge in [-0.2, -0.15) is 0 Å². The van der Waals surface area contributed by atoms with Crippen LogP contribution in [-0.2, 0) is 6.54 Å². The van der Waals surface area contributed by atoms with E-state index in [0.29, 0.717) is 28.6 Å². The topological polar surface area (TPSA) is 61.2 Å². The van der Waals surface area contributed by atoms with Crippen LogP contribution in [0, 0.1) is 5.92 Å². The van der Waals surface area contributed by atoms with Crippen molar-refractivity contribution in [2.45, 2.75) is 20.4 Å². The summed E-state index contributed by atoms with van der Waals surface area (Å²) < 4.78 is 6.97. The SMILES string of the molecule is CC(C)Cn1cc(C(=O)Oc2cccnc2)c2ccccc2c1=O. The van der Waals surface area contributed by atoms with E-state index in [0.717, 1.165) is 0 Å². The van der Waals surface area contributed by atoms with Gasteiger partial charge in [-0.05, 0) is 24.1 Å². The van der Waals surface area contributed by atoms with Gasteiger partial charge in [-0.15, -0.1) is 0 Å². The van der Waals surface area contributed by atoms with E-state index in [2.05, 4.69) is 4.98 Å². The number of carbonyl (C=O) groups is 1. The lowest BCUT2D eigenvalue weighted by molar-refractivity contribution is 0.0735. The molecular formula is C19H18N2O3. The molecule has 3 rings (SSSR count). The van der Waals surface area contributed by atoms with Gasteiger partial charge in [-0.25, -0.2) is 4.79 Å². The molecule has 0 saturated carbocycles. The molecule has 0 saturated heterocycles. The molecule has 2 heterocycles. The van der Waals surface area contributed by atoms with Gasteiger partial charge in [0.25, 0.3) is 5.56 Å². The number of pyridine rings is 2. The van der Waals surface area contributed by atoms with Crippen molar-refractivity contribution in [3.05, 3.63) is 70.9 Å². The Morgan fingerprint density at radius 2 is 1.92 bits per heavy atom. The van der Waals surface area contributed by atoms with Gasteiger partial charge in [-0.1, -0.05) is 32.0 Å². The summed E-state index contributed by atoms with van der Waals surface area (Å²) in [4.78, 5) is 29.1. The third kappa shape index (κ3) is 3.20. The van der Waals surface area contributed by atoms with Crippen LogP contribution in [0.1, 0.15) is 24.2 Å². The van der Waals surface area contributed by atoms with E-state index >= 15 is 0 Å². The minimum atomic E-state index is -0.503. The Kier molecular flexibility index (Phi) is 4.42. The van der Waals surface area contributed by atoms with E-state index in [4.69, 9.17) is 4.74 Å². The molecule has 0 N–H and O–H groups in total. The summed E-state index contributed by atoms with van der Waals surface area (Å²) in [5, 5.41) is 1.11. The number of aromatic nitrogens is 2. The van der Waals surface area contributed by atoms with Crippen LogP contribution in [-0.4, -0.2) is 15.5 Å². The van der Waals surface area contributed by atoms with Gasteiger partial charge in [0, 0.05) is 29.7 Å². The summed E-state index contributed by atoms with van der Waals surface area (Å²) in [6.07, 6.45) is 4.67. The number of hydrogen-bond acceptors (Lipinski definition) is 4. The van der Waals surface area contributed by atoms with Crippen LogP contribution in [0.5, 0.6) is 5.75 Å². The average Bonchev–Trinajstić information content (AvgIpc) is 2.58. The molecule has 3 aromatic rings. The fourth-order valence-electron chi connectivity index (χ4n) is 2.60. The summed E-state index contributed by atoms with van der Waals surface area (Å²) in [6.45, 7) is 4.58. The van der Waals surface area contributed by atoms with Crippen LogP contribution >= 0.6 is 0 Å². The van der Waals surface area contributed by atoms with Crippen molar-refractivity contribution >= 4 is 16.7 Å². The first kappa shape index (κ1) is 15.9. The molecule has 5 nitrogen and oxygen atoms in total. The van der Waals surface area contributed by atoms with Gasteiger partial charge in [0.2, 0.25) is 0 Å². The second-order valence-electron chi connectivity index (χ2n) is 6.02. The quantitative estimate of drug-likeness (QED) is 0.692. The minimum Gasteiger partial charge on any atom is -0.421 e. The number of fused-ring (bicyclic) bond motifs is 1. The highest BCUT2D eigenvalue weighted by Gasteiger charge is 2.17. The van der Waals surface area contributed by atoms with E-state index in [1.54, 1.807) is 53.4 Å². The van der Waals surface area contributed by atoms with Gasteiger partial charge in [-0.3, -0.25) is 9.78 Å². The fourth-order valence-corrected chi connectivity index (χ4v) is 2.60. The minimum absolute atomic E-state index is 0.0998. The summed E-state index contributed by atoms with van der Waals surface area (Å²) in [6, 6.07) is 10.4. The van der Waals surface area contributed by atoms with Crippen molar-refractivity contribution in [3.63, 3.8) is 0 Å². The molecule has 0 amide bonds. The van der Waals surface area contributed by atoms with Crippen LogP contribution in [0.3, 0.4) is 0 Å². The van der Waals surface area contributed by atoms with Crippen molar-refractivity contribution in [2.24, 2.45) is 5.92 Å². The van der Waals surface area contributed by atoms with E-state index in [9.17, 15) is 9.59 Å². The summed E-state index contributed by atoms with van der Waals surface area (Å²) >= 11 is 0. The number of carbonyl (C=O) groups excluding carboxylic acids is 1. The highest BCUT2D eigenvalue weighted by molar-refractivity contribution is 6.04. The highest BCUT2D eigenvalue weighted by Crippen LogP contribution is 2.18. The maximum Gasteiger partial charge on any atom is 0.345 e. The lowest BCUT2D eigenvalue weighted by Gasteiger charge is -2.13.